The van der Waals surface area contributed by atoms with Crippen molar-refractivity contribution < 1.29 is 0 Å². The first-order valence-corrected chi connectivity index (χ1v) is 7.62. The van der Waals surface area contributed by atoms with Gasteiger partial charge in [0.25, 0.3) is 0 Å². The Morgan fingerprint density at radius 2 is 1.68 bits per heavy atom. The summed E-state index contributed by atoms with van der Waals surface area (Å²) in [7, 11) is 0. The lowest BCUT2D eigenvalue weighted by Crippen LogP contribution is -2.23. The third-order valence-electron chi connectivity index (χ3n) is 4.10. The molecular formula is C21H21N. The average molecular weight is 287 g/mol. The normalized spacial score (nSPS) is 17.7. The van der Waals surface area contributed by atoms with Crippen LogP contribution < -0.4 is 0 Å². The minimum atomic E-state index is 0.214. The van der Waals surface area contributed by atoms with Gasteiger partial charge in [-0.2, -0.15) is 0 Å². The second-order valence-corrected chi connectivity index (χ2v) is 5.72. The second-order valence-electron chi connectivity index (χ2n) is 5.72. The first-order valence-electron chi connectivity index (χ1n) is 7.62. The molecule has 1 atom stereocenters. The molecule has 0 N–H and O–H groups in total. The molecule has 0 saturated heterocycles. The summed E-state index contributed by atoms with van der Waals surface area (Å²) in [6.07, 6.45) is 6.40. The van der Waals surface area contributed by atoms with Gasteiger partial charge in [0.1, 0.15) is 0 Å². The van der Waals surface area contributed by atoms with Crippen molar-refractivity contribution in [3.05, 3.63) is 96.4 Å². The molecular weight excluding hydrogens is 266 g/mol. The molecule has 1 heterocycles. The summed E-state index contributed by atoms with van der Waals surface area (Å²) >= 11 is 0. The zero-order valence-corrected chi connectivity index (χ0v) is 13.2. The Hall–Kier alpha value is -2.54. The molecule has 0 radical (unpaired) electrons. The van der Waals surface area contributed by atoms with Crippen molar-refractivity contribution in [2.75, 3.05) is 0 Å². The Bertz CT molecular complexity index is 738. The molecule has 2 aromatic carbocycles. The van der Waals surface area contributed by atoms with Crippen LogP contribution in [0.4, 0.5) is 0 Å². The van der Waals surface area contributed by atoms with E-state index in [4.69, 9.17) is 0 Å². The maximum Gasteiger partial charge on any atom is 0.0772 e. The van der Waals surface area contributed by atoms with E-state index in [9.17, 15) is 0 Å². The third-order valence-corrected chi connectivity index (χ3v) is 4.10. The van der Waals surface area contributed by atoms with E-state index < -0.39 is 0 Å². The Labute approximate surface area is 132 Å². The first-order chi connectivity index (χ1) is 10.7. The lowest BCUT2D eigenvalue weighted by molar-refractivity contribution is 0.397. The summed E-state index contributed by atoms with van der Waals surface area (Å²) in [6, 6.07) is 19.5. The number of benzene rings is 2. The van der Waals surface area contributed by atoms with Gasteiger partial charge in [-0.05, 0) is 48.9 Å². The van der Waals surface area contributed by atoms with Crippen LogP contribution in [0.1, 0.15) is 25.5 Å². The summed E-state index contributed by atoms with van der Waals surface area (Å²) in [4.78, 5) is 2.22. The quantitative estimate of drug-likeness (QED) is 0.699. The van der Waals surface area contributed by atoms with Crippen LogP contribution in [-0.4, -0.2) is 4.90 Å². The Balaban J connectivity index is 2.02. The van der Waals surface area contributed by atoms with E-state index in [1.807, 2.05) is 12.3 Å². The lowest BCUT2D eigenvalue weighted by atomic mass is 9.95. The summed E-state index contributed by atoms with van der Waals surface area (Å²) < 4.78 is 0. The molecule has 3 rings (SSSR count). The number of nitrogens with zero attached hydrogens (tertiary/aromatic N) is 1. The third kappa shape index (κ3) is 2.75. The number of hydrogen-bond donors (Lipinski definition) is 0. The number of allylic oxidation sites excluding steroid dienone is 3. The minimum absolute atomic E-state index is 0.214. The molecule has 1 heteroatoms. The molecule has 0 bridgehead atoms. The van der Waals surface area contributed by atoms with E-state index in [-0.39, 0.29) is 6.04 Å². The standard InChI is InChI=1S/C21H21N/c1-4-22-17(3)13-16(2)14-21(22)20-12-8-11-19(15-20)18-9-6-5-7-10-18/h4-15,21H,1H2,2-3H3. The molecule has 1 nitrogen and oxygen atoms in total. The SMILES string of the molecule is C=CN1C(C)=CC(C)=CC1c1cccc(-c2ccccc2)c1. The van der Waals surface area contributed by atoms with Gasteiger partial charge in [-0.15, -0.1) is 0 Å². The summed E-state index contributed by atoms with van der Waals surface area (Å²) in [5.74, 6) is 0. The van der Waals surface area contributed by atoms with Crippen molar-refractivity contribution in [2.45, 2.75) is 19.9 Å². The van der Waals surface area contributed by atoms with Crippen molar-refractivity contribution in [1.29, 1.82) is 0 Å². The van der Waals surface area contributed by atoms with Crippen LogP contribution in [0.3, 0.4) is 0 Å². The first kappa shape index (κ1) is 14.4. The summed E-state index contributed by atoms with van der Waals surface area (Å²) in [5, 5.41) is 0. The van der Waals surface area contributed by atoms with E-state index in [0.717, 1.165) is 0 Å². The topological polar surface area (TPSA) is 3.24 Å². The molecule has 0 aliphatic carbocycles. The molecule has 1 unspecified atom stereocenters. The zero-order chi connectivity index (χ0) is 15.5. The largest absolute Gasteiger partial charge is 0.341 e. The van der Waals surface area contributed by atoms with Crippen LogP contribution in [0.25, 0.3) is 11.1 Å². The van der Waals surface area contributed by atoms with Crippen LogP contribution in [0.2, 0.25) is 0 Å². The number of rotatable bonds is 3. The molecule has 0 fully saturated rings. The Kier molecular flexibility index (Phi) is 3.97. The minimum Gasteiger partial charge on any atom is -0.341 e. The Morgan fingerprint density at radius 1 is 0.955 bits per heavy atom. The molecule has 2 aromatic rings. The highest BCUT2D eigenvalue weighted by Crippen LogP contribution is 2.33. The smallest absolute Gasteiger partial charge is 0.0772 e. The summed E-state index contributed by atoms with van der Waals surface area (Å²) in [6.45, 7) is 8.25. The maximum atomic E-state index is 3.97. The molecule has 22 heavy (non-hydrogen) atoms. The average Bonchev–Trinajstić information content (AvgIpc) is 2.55. The van der Waals surface area contributed by atoms with Crippen molar-refractivity contribution in [3.8, 4) is 11.1 Å². The van der Waals surface area contributed by atoms with E-state index in [1.165, 1.54) is 28.0 Å². The van der Waals surface area contributed by atoms with Gasteiger partial charge in [-0.3, -0.25) is 0 Å². The van der Waals surface area contributed by atoms with Gasteiger partial charge >= 0.3 is 0 Å². The van der Waals surface area contributed by atoms with Crippen LogP contribution in [0, 0.1) is 0 Å². The highest BCUT2D eigenvalue weighted by Gasteiger charge is 2.20. The van der Waals surface area contributed by atoms with Crippen molar-refractivity contribution >= 4 is 0 Å². The highest BCUT2D eigenvalue weighted by atomic mass is 15.1. The van der Waals surface area contributed by atoms with Crippen LogP contribution in [-0.2, 0) is 0 Å². The van der Waals surface area contributed by atoms with E-state index in [1.54, 1.807) is 0 Å². The van der Waals surface area contributed by atoms with Gasteiger partial charge in [0, 0.05) is 5.70 Å². The van der Waals surface area contributed by atoms with Gasteiger partial charge in [-0.25, -0.2) is 0 Å². The van der Waals surface area contributed by atoms with Gasteiger partial charge in [-0.1, -0.05) is 66.8 Å². The summed E-state index contributed by atoms with van der Waals surface area (Å²) in [5.41, 5.74) is 6.31. The van der Waals surface area contributed by atoms with Crippen LogP contribution in [0.5, 0.6) is 0 Å². The Morgan fingerprint density at radius 3 is 2.41 bits per heavy atom. The van der Waals surface area contributed by atoms with E-state index in [2.05, 4.69) is 86.0 Å². The fraction of sp³-hybridized carbons (Fsp3) is 0.143. The molecule has 0 spiro atoms. The van der Waals surface area contributed by atoms with Crippen molar-refractivity contribution in [2.24, 2.45) is 0 Å². The fourth-order valence-corrected chi connectivity index (χ4v) is 3.05. The highest BCUT2D eigenvalue weighted by molar-refractivity contribution is 5.64. The second kappa shape index (κ2) is 6.07. The van der Waals surface area contributed by atoms with Gasteiger partial charge < -0.3 is 4.90 Å². The van der Waals surface area contributed by atoms with Crippen molar-refractivity contribution in [1.82, 2.24) is 4.90 Å². The molecule has 0 aromatic heterocycles. The lowest BCUT2D eigenvalue weighted by Gasteiger charge is -2.33. The van der Waals surface area contributed by atoms with Gasteiger partial charge in [0.15, 0.2) is 0 Å². The van der Waals surface area contributed by atoms with Gasteiger partial charge in [0.2, 0.25) is 0 Å². The molecule has 0 saturated carbocycles. The predicted octanol–water partition coefficient (Wildman–Crippen LogP) is 5.70. The van der Waals surface area contributed by atoms with Gasteiger partial charge in [0.05, 0.1) is 6.04 Å². The van der Waals surface area contributed by atoms with E-state index in [0.29, 0.717) is 0 Å². The number of hydrogen-bond acceptors (Lipinski definition) is 1. The van der Waals surface area contributed by atoms with Crippen LogP contribution in [0.15, 0.2) is 90.8 Å². The van der Waals surface area contributed by atoms with Crippen LogP contribution >= 0.6 is 0 Å². The maximum absolute atomic E-state index is 3.97. The molecule has 1 aliphatic heterocycles. The fourth-order valence-electron chi connectivity index (χ4n) is 3.05. The molecule has 0 amide bonds. The zero-order valence-electron chi connectivity index (χ0n) is 13.2. The van der Waals surface area contributed by atoms with E-state index >= 15 is 0 Å². The predicted molar refractivity (Wildman–Crippen MR) is 94.2 cm³/mol. The molecule has 110 valence electrons. The molecule has 1 aliphatic rings. The van der Waals surface area contributed by atoms with Crippen molar-refractivity contribution in [3.63, 3.8) is 0 Å². The monoisotopic (exact) mass is 287 g/mol.